The normalized spacial score (nSPS) is 17.4. The average molecular weight is 564 g/mol. The van der Waals surface area contributed by atoms with E-state index in [1.54, 1.807) is 0 Å². The van der Waals surface area contributed by atoms with Crippen molar-refractivity contribution in [3.8, 4) is 11.4 Å². The maximum atomic E-state index is 14.4. The minimum absolute atomic E-state index is 0.0268. The van der Waals surface area contributed by atoms with Crippen molar-refractivity contribution >= 4 is 17.6 Å². The van der Waals surface area contributed by atoms with Crippen LogP contribution in [0.5, 0.6) is 5.75 Å². The van der Waals surface area contributed by atoms with Gasteiger partial charge < -0.3 is 14.2 Å². The van der Waals surface area contributed by atoms with Crippen LogP contribution in [0, 0.1) is 0 Å². The number of carbonyl (C=O) groups is 1. The predicted molar refractivity (Wildman–Crippen MR) is 121 cm³/mol. The Balaban J connectivity index is 2.03. The third kappa shape index (κ3) is 5.30. The summed E-state index contributed by atoms with van der Waals surface area (Å²) in [6.07, 6.45) is -13.8. The fraction of sp³-hybridized carbons (Fsp3) is 0.375. The second kappa shape index (κ2) is 10.4. The Bertz CT molecular complexity index is 1340. The molecule has 0 saturated carbocycles. The molecule has 0 saturated heterocycles. The molecule has 0 N–H and O–H groups in total. The molecule has 14 heteroatoms. The highest BCUT2D eigenvalue weighted by molar-refractivity contribution is 6.30. The SMILES string of the molecule is CCOC(=O)C[C@H]1O[C@H](c2cccc(OCC)c2C(F)(F)F)c2cc(Cl)ccc2-n2c1nnc2C(F)(F)F. The first-order valence-electron chi connectivity index (χ1n) is 11.3. The van der Waals surface area contributed by atoms with E-state index >= 15 is 0 Å². The fourth-order valence-electron chi connectivity index (χ4n) is 4.26. The molecule has 2 aromatic carbocycles. The number of esters is 1. The van der Waals surface area contributed by atoms with Crippen LogP contribution in [0.1, 0.15) is 60.8 Å². The summed E-state index contributed by atoms with van der Waals surface area (Å²) in [7, 11) is 0. The standard InChI is InChI=1S/C24H20ClF6N3O4/c1-3-36-16-7-5-6-13(19(16)23(26,27)28)20-14-10-12(25)8-9-15(14)34-21(32-33-22(34)24(29,30)31)17(38-20)11-18(35)37-4-2/h5-10,17,20H,3-4,11H2,1-2H3/t17-,20-/m1/s1. The molecule has 0 radical (unpaired) electrons. The van der Waals surface area contributed by atoms with E-state index in [-0.39, 0.29) is 29.5 Å². The molecule has 2 heterocycles. The smallest absolute Gasteiger partial charge is 0.452 e. The van der Waals surface area contributed by atoms with E-state index < -0.39 is 65.5 Å². The molecule has 204 valence electrons. The van der Waals surface area contributed by atoms with Gasteiger partial charge in [-0.3, -0.25) is 9.36 Å². The first kappa shape index (κ1) is 27.7. The maximum absolute atomic E-state index is 14.4. The van der Waals surface area contributed by atoms with Crippen molar-refractivity contribution in [3.63, 3.8) is 0 Å². The third-order valence-electron chi connectivity index (χ3n) is 5.62. The highest BCUT2D eigenvalue weighted by Crippen LogP contribution is 2.48. The Morgan fingerprint density at radius 2 is 1.76 bits per heavy atom. The molecule has 2 atom stereocenters. The molecule has 4 rings (SSSR count). The number of halogens is 7. The summed E-state index contributed by atoms with van der Waals surface area (Å²) in [4.78, 5) is 12.4. The number of benzene rings is 2. The molecule has 0 bridgehead atoms. The summed E-state index contributed by atoms with van der Waals surface area (Å²) in [6.45, 7) is 2.90. The van der Waals surface area contributed by atoms with Gasteiger partial charge in [0.25, 0.3) is 0 Å². The van der Waals surface area contributed by atoms with Crippen molar-refractivity contribution in [3.05, 3.63) is 69.8 Å². The molecule has 1 aliphatic heterocycles. The zero-order valence-electron chi connectivity index (χ0n) is 19.9. The molecule has 0 spiro atoms. The number of aromatic nitrogens is 3. The van der Waals surface area contributed by atoms with Gasteiger partial charge in [0.15, 0.2) is 5.82 Å². The highest BCUT2D eigenvalue weighted by Gasteiger charge is 2.46. The highest BCUT2D eigenvalue weighted by atomic mass is 35.5. The van der Waals surface area contributed by atoms with Crippen molar-refractivity contribution in [1.82, 2.24) is 14.8 Å². The van der Waals surface area contributed by atoms with E-state index in [1.165, 1.54) is 38.1 Å². The van der Waals surface area contributed by atoms with Gasteiger partial charge >= 0.3 is 18.3 Å². The minimum atomic E-state index is -5.00. The second-order valence-electron chi connectivity index (χ2n) is 8.08. The number of rotatable bonds is 6. The summed E-state index contributed by atoms with van der Waals surface area (Å²) in [5.41, 5.74) is -1.97. The summed E-state index contributed by atoms with van der Waals surface area (Å²) >= 11 is 6.15. The molecule has 1 aliphatic rings. The van der Waals surface area contributed by atoms with E-state index in [4.69, 9.17) is 25.8 Å². The van der Waals surface area contributed by atoms with E-state index in [9.17, 15) is 31.1 Å². The van der Waals surface area contributed by atoms with Crippen molar-refractivity contribution in [2.45, 2.75) is 44.8 Å². The Labute approximate surface area is 217 Å². The number of alkyl halides is 6. The summed E-state index contributed by atoms with van der Waals surface area (Å²) < 4.78 is 102. The van der Waals surface area contributed by atoms with Crippen LogP contribution in [-0.2, 0) is 26.6 Å². The predicted octanol–water partition coefficient (Wildman–Crippen LogP) is 6.47. The van der Waals surface area contributed by atoms with Crippen molar-refractivity contribution in [2.24, 2.45) is 0 Å². The molecule has 1 aromatic heterocycles. The fourth-order valence-corrected chi connectivity index (χ4v) is 4.44. The van der Waals surface area contributed by atoms with E-state index in [0.717, 1.165) is 12.1 Å². The van der Waals surface area contributed by atoms with Gasteiger partial charge in [0.1, 0.15) is 23.5 Å². The number of hydrogen-bond acceptors (Lipinski definition) is 6. The quantitative estimate of drug-likeness (QED) is 0.253. The van der Waals surface area contributed by atoms with Crippen LogP contribution in [0.2, 0.25) is 5.02 Å². The molecular weight excluding hydrogens is 544 g/mol. The lowest BCUT2D eigenvalue weighted by atomic mass is 9.94. The van der Waals surface area contributed by atoms with Gasteiger partial charge in [-0.1, -0.05) is 23.7 Å². The minimum Gasteiger partial charge on any atom is -0.493 e. The van der Waals surface area contributed by atoms with Gasteiger partial charge in [0.2, 0.25) is 5.82 Å². The van der Waals surface area contributed by atoms with Gasteiger partial charge in [-0.05, 0) is 38.1 Å². The average Bonchev–Trinajstić information content (AvgIpc) is 3.22. The van der Waals surface area contributed by atoms with Crippen LogP contribution >= 0.6 is 11.6 Å². The van der Waals surface area contributed by atoms with Crippen molar-refractivity contribution in [2.75, 3.05) is 13.2 Å². The molecule has 0 fully saturated rings. The summed E-state index contributed by atoms with van der Waals surface area (Å²) in [6, 6.07) is 7.22. The van der Waals surface area contributed by atoms with Crippen molar-refractivity contribution < 1.29 is 45.3 Å². The zero-order chi connectivity index (χ0) is 27.8. The van der Waals surface area contributed by atoms with Gasteiger partial charge in [0, 0.05) is 16.1 Å². The van der Waals surface area contributed by atoms with Crippen LogP contribution in [0.3, 0.4) is 0 Å². The Hall–Kier alpha value is -3.32. The lowest BCUT2D eigenvalue weighted by molar-refractivity contribution is -0.149. The zero-order valence-corrected chi connectivity index (χ0v) is 20.6. The molecule has 0 amide bonds. The Kier molecular flexibility index (Phi) is 7.62. The second-order valence-corrected chi connectivity index (χ2v) is 8.52. The maximum Gasteiger partial charge on any atom is 0.452 e. The third-order valence-corrected chi connectivity index (χ3v) is 5.86. The molecule has 7 nitrogen and oxygen atoms in total. The summed E-state index contributed by atoms with van der Waals surface area (Å²) in [5, 5.41) is 6.90. The molecule has 38 heavy (non-hydrogen) atoms. The van der Waals surface area contributed by atoms with Gasteiger partial charge in [-0.15, -0.1) is 10.2 Å². The number of carbonyl (C=O) groups excluding carboxylic acids is 1. The van der Waals surface area contributed by atoms with Crippen LogP contribution < -0.4 is 4.74 Å². The lowest BCUT2D eigenvalue weighted by Crippen LogP contribution is -2.20. The first-order chi connectivity index (χ1) is 17.9. The number of hydrogen-bond donors (Lipinski definition) is 0. The van der Waals surface area contributed by atoms with Crippen LogP contribution in [0.15, 0.2) is 36.4 Å². The number of nitrogens with zero attached hydrogens (tertiary/aromatic N) is 3. The summed E-state index contributed by atoms with van der Waals surface area (Å²) in [5.74, 6) is -3.24. The Morgan fingerprint density at radius 3 is 2.39 bits per heavy atom. The van der Waals surface area contributed by atoms with Gasteiger partial charge in [-0.2, -0.15) is 26.3 Å². The lowest BCUT2D eigenvalue weighted by Gasteiger charge is -2.26. The van der Waals surface area contributed by atoms with Crippen LogP contribution in [0.4, 0.5) is 26.3 Å². The largest absolute Gasteiger partial charge is 0.493 e. The van der Waals surface area contributed by atoms with Gasteiger partial charge in [-0.25, -0.2) is 0 Å². The van der Waals surface area contributed by atoms with Crippen molar-refractivity contribution in [1.29, 1.82) is 0 Å². The monoisotopic (exact) mass is 563 g/mol. The number of ether oxygens (including phenoxy) is 3. The molecule has 0 aliphatic carbocycles. The number of fused-ring (bicyclic) bond motifs is 3. The van der Waals surface area contributed by atoms with Gasteiger partial charge in [0.05, 0.1) is 25.3 Å². The topological polar surface area (TPSA) is 75.5 Å². The molecule has 0 unspecified atom stereocenters. The van der Waals surface area contributed by atoms with Crippen LogP contribution in [-0.4, -0.2) is 33.9 Å². The molecule has 3 aromatic rings. The Morgan fingerprint density at radius 1 is 1.03 bits per heavy atom. The van der Waals surface area contributed by atoms with Crippen LogP contribution in [0.25, 0.3) is 5.69 Å². The molecular formula is C24H20ClF6N3O4. The van der Waals surface area contributed by atoms with E-state index in [1.807, 2.05) is 0 Å². The first-order valence-corrected chi connectivity index (χ1v) is 11.7. The van der Waals surface area contributed by atoms with E-state index in [0.29, 0.717) is 4.57 Å². The van der Waals surface area contributed by atoms with E-state index in [2.05, 4.69) is 10.2 Å².